The van der Waals surface area contributed by atoms with Gasteiger partial charge in [0.25, 0.3) is 0 Å². The minimum Gasteiger partial charge on any atom is -0.340 e. The third kappa shape index (κ3) is 4.17. The van der Waals surface area contributed by atoms with Crippen molar-refractivity contribution in [3.05, 3.63) is 78.4 Å². The van der Waals surface area contributed by atoms with Crippen LogP contribution in [0.4, 0.5) is 0 Å². The van der Waals surface area contributed by atoms with Gasteiger partial charge >= 0.3 is 0 Å². The van der Waals surface area contributed by atoms with Gasteiger partial charge in [-0.2, -0.15) is 5.10 Å². The normalized spacial score (nSPS) is 11.6. The van der Waals surface area contributed by atoms with E-state index in [9.17, 15) is 4.79 Å². The fourth-order valence-corrected chi connectivity index (χ4v) is 4.12. The minimum atomic E-state index is 0.246. The summed E-state index contributed by atoms with van der Waals surface area (Å²) in [6, 6.07) is 16.5. The molecule has 0 unspecified atom stereocenters. The third-order valence-electron chi connectivity index (χ3n) is 5.62. The fourth-order valence-electron chi connectivity index (χ4n) is 4.12. The predicted octanol–water partition coefficient (Wildman–Crippen LogP) is 5.18. The van der Waals surface area contributed by atoms with E-state index >= 15 is 0 Å². The van der Waals surface area contributed by atoms with Gasteiger partial charge in [0.1, 0.15) is 0 Å². The van der Waals surface area contributed by atoms with Gasteiger partial charge in [-0.25, -0.2) is 9.97 Å². The van der Waals surface area contributed by atoms with Crippen molar-refractivity contribution in [3.8, 4) is 11.4 Å². The molecule has 0 radical (unpaired) electrons. The average molecular weight is 424 g/mol. The highest BCUT2D eigenvalue weighted by molar-refractivity contribution is 5.87. The summed E-state index contributed by atoms with van der Waals surface area (Å²) in [5.74, 6) is 1.30. The standard InChI is InChI=1S/C26H25N5O/c1-17(2)11-23(32)16-31-10-8-19-4-5-20(14-25(19)31)26-27-9-7-22(29-26)13-18-3-6-24-21(12-18)15-28-30-24/h3-10,12,14-15,17H,11,13,16H2,1-2H3,(H,28,30). The summed E-state index contributed by atoms with van der Waals surface area (Å²) >= 11 is 0. The zero-order valence-electron chi connectivity index (χ0n) is 18.2. The number of carbonyl (C=O) groups excluding carboxylic acids is 1. The maximum Gasteiger partial charge on any atom is 0.159 e. The molecule has 0 bridgehead atoms. The summed E-state index contributed by atoms with van der Waals surface area (Å²) in [4.78, 5) is 21.7. The molecule has 6 heteroatoms. The van der Waals surface area contributed by atoms with Gasteiger partial charge in [-0.15, -0.1) is 0 Å². The zero-order chi connectivity index (χ0) is 22.1. The summed E-state index contributed by atoms with van der Waals surface area (Å²) < 4.78 is 2.02. The number of rotatable bonds is 7. The number of Topliss-reactive ketones (excluding diaryl/α,β-unsaturated/α-hetero) is 1. The third-order valence-corrected chi connectivity index (χ3v) is 5.62. The SMILES string of the molecule is CC(C)CC(=O)Cn1ccc2ccc(-c3nccc(Cc4ccc5[nH]ncc5c4)n3)cc21. The summed E-state index contributed by atoms with van der Waals surface area (Å²) in [7, 11) is 0. The van der Waals surface area contributed by atoms with Crippen molar-refractivity contribution < 1.29 is 4.79 Å². The summed E-state index contributed by atoms with van der Waals surface area (Å²) in [6.07, 6.45) is 6.94. The number of ketones is 1. The summed E-state index contributed by atoms with van der Waals surface area (Å²) in [5, 5.41) is 9.27. The van der Waals surface area contributed by atoms with Gasteiger partial charge < -0.3 is 4.57 Å². The van der Waals surface area contributed by atoms with E-state index in [0.29, 0.717) is 24.7 Å². The largest absolute Gasteiger partial charge is 0.340 e. The number of nitrogens with zero attached hydrogens (tertiary/aromatic N) is 4. The van der Waals surface area contributed by atoms with Crippen LogP contribution in [-0.4, -0.2) is 30.5 Å². The van der Waals surface area contributed by atoms with Crippen LogP contribution in [0.2, 0.25) is 0 Å². The van der Waals surface area contributed by atoms with E-state index in [2.05, 4.69) is 53.3 Å². The molecule has 0 aliphatic rings. The molecule has 0 amide bonds. The van der Waals surface area contributed by atoms with Crippen molar-refractivity contribution in [3.63, 3.8) is 0 Å². The summed E-state index contributed by atoms with van der Waals surface area (Å²) in [5.41, 5.74) is 5.14. The first-order chi connectivity index (χ1) is 15.5. The first kappa shape index (κ1) is 20.1. The van der Waals surface area contributed by atoms with Crippen molar-refractivity contribution in [2.45, 2.75) is 33.2 Å². The molecule has 3 aromatic heterocycles. The fraction of sp³-hybridized carbons (Fsp3) is 0.231. The van der Waals surface area contributed by atoms with Crippen LogP contribution in [0.5, 0.6) is 0 Å². The average Bonchev–Trinajstić information content (AvgIpc) is 3.40. The molecule has 0 saturated heterocycles. The van der Waals surface area contributed by atoms with E-state index in [1.54, 1.807) is 0 Å². The van der Waals surface area contributed by atoms with Crippen LogP contribution in [0.15, 0.2) is 67.1 Å². The van der Waals surface area contributed by atoms with Gasteiger partial charge in [-0.05, 0) is 47.2 Å². The molecule has 160 valence electrons. The quantitative estimate of drug-likeness (QED) is 0.391. The predicted molar refractivity (Wildman–Crippen MR) is 126 cm³/mol. The lowest BCUT2D eigenvalue weighted by molar-refractivity contribution is -0.120. The Labute approximate surface area is 186 Å². The Morgan fingerprint density at radius 3 is 2.84 bits per heavy atom. The van der Waals surface area contributed by atoms with E-state index < -0.39 is 0 Å². The molecule has 6 nitrogen and oxygen atoms in total. The topological polar surface area (TPSA) is 76.5 Å². The van der Waals surface area contributed by atoms with Crippen molar-refractivity contribution >= 4 is 27.6 Å². The number of hydrogen-bond donors (Lipinski definition) is 1. The lowest BCUT2D eigenvalue weighted by Gasteiger charge is -2.08. The monoisotopic (exact) mass is 423 g/mol. The molecule has 2 aromatic carbocycles. The van der Waals surface area contributed by atoms with Crippen molar-refractivity contribution in [1.29, 1.82) is 0 Å². The smallest absolute Gasteiger partial charge is 0.159 e. The first-order valence-electron chi connectivity index (χ1n) is 10.9. The molecular weight excluding hydrogens is 398 g/mol. The van der Waals surface area contributed by atoms with E-state index in [1.807, 2.05) is 47.4 Å². The lowest BCUT2D eigenvalue weighted by Crippen LogP contribution is -2.11. The van der Waals surface area contributed by atoms with Gasteiger partial charge in [0.2, 0.25) is 0 Å². The van der Waals surface area contributed by atoms with E-state index in [-0.39, 0.29) is 5.78 Å². The Morgan fingerprint density at radius 2 is 1.97 bits per heavy atom. The molecule has 3 heterocycles. The number of aromatic nitrogens is 5. The highest BCUT2D eigenvalue weighted by Crippen LogP contribution is 2.24. The molecule has 0 atom stereocenters. The van der Waals surface area contributed by atoms with Gasteiger partial charge in [-0.1, -0.05) is 32.0 Å². The second-order valence-corrected chi connectivity index (χ2v) is 8.69. The molecule has 0 saturated carbocycles. The minimum absolute atomic E-state index is 0.246. The van der Waals surface area contributed by atoms with Crippen LogP contribution in [0.25, 0.3) is 33.2 Å². The Morgan fingerprint density at radius 1 is 1.06 bits per heavy atom. The maximum atomic E-state index is 12.4. The number of fused-ring (bicyclic) bond motifs is 2. The molecular formula is C26H25N5O. The number of benzene rings is 2. The van der Waals surface area contributed by atoms with Crippen LogP contribution in [-0.2, 0) is 17.8 Å². The summed E-state index contributed by atoms with van der Waals surface area (Å²) in [6.45, 7) is 4.53. The molecule has 0 aliphatic carbocycles. The molecule has 5 aromatic rings. The second-order valence-electron chi connectivity index (χ2n) is 8.69. The second kappa shape index (κ2) is 8.38. The number of hydrogen-bond acceptors (Lipinski definition) is 4. The van der Waals surface area contributed by atoms with Crippen LogP contribution in [0.3, 0.4) is 0 Å². The molecule has 1 N–H and O–H groups in total. The maximum absolute atomic E-state index is 12.4. The van der Waals surface area contributed by atoms with Gasteiger partial charge in [0, 0.05) is 47.4 Å². The number of carbonyl (C=O) groups is 1. The lowest BCUT2D eigenvalue weighted by atomic mass is 10.1. The number of H-pyrrole nitrogens is 1. The van der Waals surface area contributed by atoms with Gasteiger partial charge in [-0.3, -0.25) is 9.89 Å². The van der Waals surface area contributed by atoms with E-state index in [0.717, 1.165) is 39.5 Å². The molecule has 0 fully saturated rings. The highest BCUT2D eigenvalue weighted by Gasteiger charge is 2.11. The van der Waals surface area contributed by atoms with E-state index in [4.69, 9.17) is 4.98 Å². The van der Waals surface area contributed by atoms with Crippen LogP contribution < -0.4 is 0 Å². The Kier molecular flexibility index (Phi) is 5.27. The van der Waals surface area contributed by atoms with Gasteiger partial charge in [0.05, 0.1) is 18.3 Å². The van der Waals surface area contributed by atoms with Crippen LogP contribution >= 0.6 is 0 Å². The Balaban J connectivity index is 1.42. The first-order valence-corrected chi connectivity index (χ1v) is 10.9. The zero-order valence-corrected chi connectivity index (χ0v) is 18.2. The van der Waals surface area contributed by atoms with Crippen molar-refractivity contribution in [2.75, 3.05) is 0 Å². The molecule has 0 spiro atoms. The number of nitrogens with one attached hydrogen (secondary N) is 1. The molecule has 5 rings (SSSR count). The van der Waals surface area contributed by atoms with Crippen molar-refractivity contribution in [1.82, 2.24) is 24.7 Å². The Bertz CT molecular complexity index is 1410. The van der Waals surface area contributed by atoms with E-state index in [1.165, 1.54) is 5.56 Å². The Hall–Kier alpha value is -3.80. The van der Waals surface area contributed by atoms with Crippen molar-refractivity contribution in [2.24, 2.45) is 5.92 Å². The molecule has 0 aliphatic heterocycles. The van der Waals surface area contributed by atoms with Crippen LogP contribution in [0, 0.1) is 5.92 Å². The highest BCUT2D eigenvalue weighted by atomic mass is 16.1. The van der Waals surface area contributed by atoms with Gasteiger partial charge in [0.15, 0.2) is 11.6 Å². The number of aromatic amines is 1. The van der Waals surface area contributed by atoms with Crippen LogP contribution in [0.1, 0.15) is 31.5 Å². The molecule has 32 heavy (non-hydrogen) atoms.